The molecule has 5 heteroatoms. The van der Waals surface area contributed by atoms with Crippen molar-refractivity contribution < 1.29 is 18.5 Å². The number of hydrogen-bond donors (Lipinski definition) is 1. The average Bonchev–Trinajstić information content (AvgIpc) is 2.71. The van der Waals surface area contributed by atoms with E-state index in [1.54, 1.807) is 0 Å². The predicted molar refractivity (Wildman–Crippen MR) is 123 cm³/mol. The lowest BCUT2D eigenvalue weighted by molar-refractivity contribution is 0.166. The van der Waals surface area contributed by atoms with E-state index in [2.05, 4.69) is 63.4 Å². The van der Waals surface area contributed by atoms with Gasteiger partial charge in [0, 0.05) is 7.11 Å². The number of phosphoric ester groups is 1. The molecule has 1 aliphatic carbocycles. The summed E-state index contributed by atoms with van der Waals surface area (Å²) >= 11 is 0. The number of phosphoric acid groups is 1. The second kappa shape index (κ2) is 8.43. The molecule has 0 heterocycles. The van der Waals surface area contributed by atoms with Gasteiger partial charge in [0.1, 0.15) is 0 Å². The van der Waals surface area contributed by atoms with Crippen molar-refractivity contribution in [2.45, 2.75) is 64.9 Å². The molecular formula is C25H33O4P. The molecule has 0 bridgehead atoms. The minimum Gasteiger partial charge on any atom is -0.302 e. The van der Waals surface area contributed by atoms with Crippen LogP contribution in [-0.4, -0.2) is 12.0 Å². The van der Waals surface area contributed by atoms with Crippen LogP contribution in [0.25, 0.3) is 11.6 Å². The normalized spacial score (nSPS) is 19.8. The Morgan fingerprint density at radius 1 is 1.03 bits per heavy atom. The molecule has 162 valence electrons. The van der Waals surface area contributed by atoms with E-state index >= 15 is 0 Å². The van der Waals surface area contributed by atoms with Crippen molar-refractivity contribution in [1.82, 2.24) is 0 Å². The highest BCUT2D eigenvalue weighted by Crippen LogP contribution is 2.46. The van der Waals surface area contributed by atoms with E-state index in [9.17, 15) is 9.46 Å². The van der Waals surface area contributed by atoms with Gasteiger partial charge in [0.15, 0.2) is 0 Å². The van der Waals surface area contributed by atoms with Gasteiger partial charge in [-0.3, -0.25) is 9.05 Å². The number of allylic oxidation sites excluding steroid dienone is 1. The van der Waals surface area contributed by atoms with Crippen LogP contribution in [0, 0.1) is 0 Å². The first-order valence-corrected chi connectivity index (χ1v) is 11.9. The van der Waals surface area contributed by atoms with Crippen LogP contribution in [0.4, 0.5) is 0 Å². The molecule has 3 rings (SSSR count). The Balaban J connectivity index is 1.81. The molecule has 30 heavy (non-hydrogen) atoms. The predicted octanol–water partition coefficient (Wildman–Crippen LogP) is 6.86. The molecule has 0 spiro atoms. The highest BCUT2D eigenvalue weighted by Gasteiger charge is 2.36. The lowest BCUT2D eigenvalue weighted by Crippen LogP contribution is -2.33. The fraction of sp³-hybridized carbons (Fsp3) is 0.440. The van der Waals surface area contributed by atoms with Gasteiger partial charge in [-0.2, -0.15) is 0 Å². The molecular weight excluding hydrogens is 395 g/mol. The van der Waals surface area contributed by atoms with Crippen molar-refractivity contribution >= 4 is 19.5 Å². The summed E-state index contributed by atoms with van der Waals surface area (Å²) in [6.45, 7) is 11.5. The lowest BCUT2D eigenvalue weighted by Gasteiger charge is -2.42. The third-order valence-corrected chi connectivity index (χ3v) is 7.21. The van der Waals surface area contributed by atoms with Gasteiger partial charge in [0.05, 0.1) is 6.61 Å². The van der Waals surface area contributed by atoms with Crippen LogP contribution in [0.1, 0.15) is 75.3 Å². The Morgan fingerprint density at radius 3 is 2.23 bits per heavy atom. The van der Waals surface area contributed by atoms with E-state index in [1.807, 2.05) is 24.3 Å². The second-order valence-electron chi connectivity index (χ2n) is 9.52. The highest BCUT2D eigenvalue weighted by atomic mass is 31.2. The van der Waals surface area contributed by atoms with Crippen LogP contribution < -0.4 is 0 Å². The minimum atomic E-state index is -3.96. The van der Waals surface area contributed by atoms with E-state index in [1.165, 1.54) is 35.1 Å². The van der Waals surface area contributed by atoms with Gasteiger partial charge >= 0.3 is 7.82 Å². The van der Waals surface area contributed by atoms with E-state index in [4.69, 9.17) is 4.52 Å². The third-order valence-electron chi connectivity index (χ3n) is 6.30. The Kier molecular flexibility index (Phi) is 6.46. The molecule has 0 fully saturated rings. The summed E-state index contributed by atoms with van der Waals surface area (Å²) in [5.41, 5.74) is 7.69. The van der Waals surface area contributed by atoms with Gasteiger partial charge in [-0.15, -0.1) is 0 Å². The van der Waals surface area contributed by atoms with Crippen molar-refractivity contribution in [3.63, 3.8) is 0 Å². The molecule has 1 aliphatic rings. The third kappa shape index (κ3) is 5.12. The SMILES string of the molecule is COP(=O)(O)OCc1ccc(/C=C(\C)c2ccc3c(c2)C(C)(C)CCC3(C)C)cc1. The molecule has 0 aromatic heterocycles. The maximum absolute atomic E-state index is 11.4. The van der Waals surface area contributed by atoms with E-state index in [-0.39, 0.29) is 17.4 Å². The molecule has 2 aromatic carbocycles. The van der Waals surface area contributed by atoms with E-state index in [0.717, 1.165) is 18.2 Å². The van der Waals surface area contributed by atoms with Gasteiger partial charge in [0.2, 0.25) is 0 Å². The van der Waals surface area contributed by atoms with Crippen molar-refractivity contribution in [2.24, 2.45) is 0 Å². The molecule has 0 aliphatic heterocycles. The Bertz CT molecular complexity index is 987. The zero-order valence-electron chi connectivity index (χ0n) is 18.9. The van der Waals surface area contributed by atoms with Gasteiger partial charge in [0.25, 0.3) is 0 Å². The maximum atomic E-state index is 11.4. The summed E-state index contributed by atoms with van der Waals surface area (Å²) in [4.78, 5) is 9.34. The molecule has 2 aromatic rings. The van der Waals surface area contributed by atoms with Crippen molar-refractivity contribution in [3.05, 3.63) is 70.3 Å². The first kappa shape index (κ1) is 23.0. The highest BCUT2D eigenvalue weighted by molar-refractivity contribution is 7.47. The molecule has 1 atom stereocenters. The lowest BCUT2D eigenvalue weighted by atomic mass is 9.63. The molecule has 0 amide bonds. The summed E-state index contributed by atoms with van der Waals surface area (Å²) in [5.74, 6) is 0. The van der Waals surface area contributed by atoms with Crippen LogP contribution >= 0.6 is 7.82 Å². The zero-order valence-corrected chi connectivity index (χ0v) is 19.8. The van der Waals surface area contributed by atoms with Gasteiger partial charge in [-0.25, -0.2) is 4.57 Å². The summed E-state index contributed by atoms with van der Waals surface area (Å²) < 4.78 is 20.8. The monoisotopic (exact) mass is 428 g/mol. The van der Waals surface area contributed by atoms with Crippen LogP contribution in [0.5, 0.6) is 0 Å². The van der Waals surface area contributed by atoms with E-state index in [0.29, 0.717) is 0 Å². The van der Waals surface area contributed by atoms with Crippen molar-refractivity contribution in [1.29, 1.82) is 0 Å². The largest absolute Gasteiger partial charge is 0.472 e. The molecule has 1 unspecified atom stereocenters. The number of rotatable bonds is 6. The molecule has 4 nitrogen and oxygen atoms in total. The maximum Gasteiger partial charge on any atom is 0.472 e. The Morgan fingerprint density at radius 2 is 1.63 bits per heavy atom. The smallest absolute Gasteiger partial charge is 0.302 e. The molecule has 0 saturated carbocycles. The first-order chi connectivity index (χ1) is 13.9. The topological polar surface area (TPSA) is 55.8 Å². The van der Waals surface area contributed by atoms with E-state index < -0.39 is 7.82 Å². The molecule has 0 saturated heterocycles. The fourth-order valence-corrected chi connectivity index (χ4v) is 4.50. The first-order valence-electron chi connectivity index (χ1n) is 10.4. The number of benzene rings is 2. The standard InChI is InChI=1S/C25H33O4P/c1-18(15-19-7-9-20(10-8-19)17-29-30(26,27)28-6)21-11-12-22-23(16-21)25(4,5)14-13-24(22,2)3/h7-12,15-16H,13-14,17H2,1-6H3,(H,26,27)/b18-15+. The van der Waals surface area contributed by atoms with Gasteiger partial charge < -0.3 is 4.89 Å². The number of fused-ring (bicyclic) bond motifs is 1. The van der Waals surface area contributed by atoms with Crippen molar-refractivity contribution in [3.8, 4) is 0 Å². The van der Waals surface area contributed by atoms with Crippen LogP contribution in [0.15, 0.2) is 42.5 Å². The molecule has 0 radical (unpaired) electrons. The Labute approximate surface area is 180 Å². The minimum absolute atomic E-state index is 0.0281. The summed E-state index contributed by atoms with van der Waals surface area (Å²) in [7, 11) is -2.80. The average molecular weight is 429 g/mol. The van der Waals surface area contributed by atoms with Gasteiger partial charge in [-0.05, 0) is 64.0 Å². The molecule has 1 N–H and O–H groups in total. The summed E-state index contributed by atoms with van der Waals surface area (Å²) in [6, 6.07) is 14.7. The van der Waals surface area contributed by atoms with Crippen molar-refractivity contribution in [2.75, 3.05) is 7.11 Å². The second-order valence-corrected chi connectivity index (χ2v) is 11.1. The van der Waals surface area contributed by atoms with Crippen LogP contribution in [0.2, 0.25) is 0 Å². The summed E-state index contributed by atoms with van der Waals surface area (Å²) in [5, 5.41) is 0. The fourth-order valence-electron chi connectivity index (χ4n) is 4.09. The van der Waals surface area contributed by atoms with Gasteiger partial charge in [-0.1, -0.05) is 76.2 Å². The zero-order chi connectivity index (χ0) is 22.2. The number of hydrogen-bond acceptors (Lipinski definition) is 3. The Hall–Kier alpha value is -1.71. The van der Waals surface area contributed by atoms with Crippen LogP contribution in [-0.2, 0) is 31.0 Å². The van der Waals surface area contributed by atoms with Crippen LogP contribution in [0.3, 0.4) is 0 Å². The quantitative estimate of drug-likeness (QED) is 0.403. The summed E-state index contributed by atoms with van der Waals surface area (Å²) in [6.07, 6.45) is 4.58.